The maximum absolute atomic E-state index is 16.4. The molecule has 3 aromatic carbocycles. The predicted molar refractivity (Wildman–Crippen MR) is 347 cm³/mol. The Hall–Kier alpha value is -4.05. The number of amides is 3. The molecule has 7 unspecified atom stereocenters. The lowest BCUT2D eigenvalue weighted by Crippen LogP contribution is -2.68. The van der Waals surface area contributed by atoms with Gasteiger partial charge in [-0.25, -0.2) is 0 Å². The number of carbonyl (C=O) groups excluding carboxylic acids is 3. The number of nitrogens with two attached hydrogens (primary N) is 1. The minimum Gasteiger partial charge on any atom is -0.353 e. The molecule has 17 fully saturated rings. The first-order valence-corrected chi connectivity index (χ1v) is 36.5. The highest BCUT2D eigenvalue weighted by Crippen LogP contribution is 2.78. The third-order valence-electron chi connectivity index (χ3n) is 29.6. The highest BCUT2D eigenvalue weighted by atomic mass is 16.2. The molecule has 87 heavy (non-hydrogen) atoms. The Balaban J connectivity index is 0.714. The van der Waals surface area contributed by atoms with E-state index in [-0.39, 0.29) is 55.9 Å². The highest BCUT2D eigenvalue weighted by molar-refractivity contribution is 5.85. The topological polar surface area (TPSA) is 120 Å². The van der Waals surface area contributed by atoms with Crippen LogP contribution in [0.5, 0.6) is 0 Å². The van der Waals surface area contributed by atoms with E-state index >= 15 is 9.59 Å². The van der Waals surface area contributed by atoms with Gasteiger partial charge in [0.25, 0.3) is 0 Å². The van der Waals surface area contributed by atoms with E-state index in [1.165, 1.54) is 145 Å². The van der Waals surface area contributed by atoms with Crippen LogP contribution in [0.1, 0.15) is 228 Å². The molecule has 9 nitrogen and oxygen atoms in total. The van der Waals surface area contributed by atoms with Gasteiger partial charge in [0.2, 0.25) is 17.7 Å². The van der Waals surface area contributed by atoms with Crippen LogP contribution in [-0.2, 0) is 30.6 Å². The summed E-state index contributed by atoms with van der Waals surface area (Å²) in [5.41, 5.74) is 12.0. The van der Waals surface area contributed by atoms with E-state index in [0.29, 0.717) is 71.6 Å². The number of benzene rings is 3. The predicted octanol–water partition coefficient (Wildman–Crippen LogP) is 13.7. The highest BCUT2D eigenvalue weighted by Gasteiger charge is 2.72. The van der Waals surface area contributed by atoms with Crippen LogP contribution >= 0.6 is 0 Å². The summed E-state index contributed by atoms with van der Waals surface area (Å²) in [5.74, 6) is 5.10. The number of carbonyl (C=O) groups is 3. The lowest BCUT2D eigenvalue weighted by molar-refractivity contribution is -0.195. The number of nitrogens with zero attached hydrogens (tertiary/aromatic N) is 2. The molecule has 14 bridgehead atoms. The van der Waals surface area contributed by atoms with E-state index in [9.17, 15) is 4.79 Å². The Kier molecular flexibility index (Phi) is 14.5. The third kappa shape index (κ3) is 9.74. The van der Waals surface area contributed by atoms with Gasteiger partial charge in [-0.3, -0.25) is 14.4 Å². The monoisotopic (exact) mass is 1180 g/mol. The van der Waals surface area contributed by atoms with Crippen LogP contribution in [-0.4, -0.2) is 91.5 Å². The van der Waals surface area contributed by atoms with Gasteiger partial charge in [0.15, 0.2) is 0 Å². The van der Waals surface area contributed by atoms with E-state index in [1.54, 1.807) is 0 Å². The van der Waals surface area contributed by atoms with E-state index in [4.69, 9.17) is 5.73 Å². The largest absolute Gasteiger partial charge is 0.353 e. The van der Waals surface area contributed by atoms with Crippen molar-refractivity contribution in [3.63, 3.8) is 0 Å². The molecule has 5 N–H and O–H groups in total. The van der Waals surface area contributed by atoms with Crippen LogP contribution in [0.15, 0.2) is 84.9 Å². The van der Waals surface area contributed by atoms with Gasteiger partial charge in [0.05, 0.1) is 10.8 Å². The van der Waals surface area contributed by atoms with Crippen LogP contribution in [0.3, 0.4) is 0 Å². The smallest absolute Gasteiger partial charge is 0.226 e. The molecular formula is C78H108N6O3. The Bertz CT molecular complexity index is 3040. The molecule has 6 saturated heterocycles. The zero-order valence-corrected chi connectivity index (χ0v) is 53.6. The summed E-state index contributed by atoms with van der Waals surface area (Å²) in [4.78, 5) is 51.0. The first-order valence-electron chi connectivity index (χ1n) is 36.5. The van der Waals surface area contributed by atoms with Crippen molar-refractivity contribution < 1.29 is 14.4 Å². The average Bonchev–Trinajstić information content (AvgIpc) is 0.703. The van der Waals surface area contributed by atoms with Crippen molar-refractivity contribution in [2.45, 2.75) is 240 Å². The molecule has 468 valence electrons. The zero-order valence-electron chi connectivity index (χ0n) is 53.6. The van der Waals surface area contributed by atoms with Crippen molar-refractivity contribution in [2.24, 2.45) is 74.2 Å². The molecule has 9 heteroatoms. The summed E-state index contributed by atoms with van der Waals surface area (Å²) >= 11 is 0. The number of piperidine rings is 6. The molecule has 0 radical (unpaired) electrons. The lowest BCUT2D eigenvalue weighted by atomic mass is 9.33. The molecule has 6 aliphatic heterocycles. The molecule has 20 rings (SSSR count). The van der Waals surface area contributed by atoms with Gasteiger partial charge in [-0.15, -0.1) is 0 Å². The van der Waals surface area contributed by atoms with Crippen molar-refractivity contribution in [2.75, 3.05) is 45.8 Å². The lowest BCUT2D eigenvalue weighted by Gasteiger charge is -2.71. The second kappa shape index (κ2) is 21.8. The van der Waals surface area contributed by atoms with Gasteiger partial charge in [0.1, 0.15) is 0 Å². The van der Waals surface area contributed by atoms with Crippen molar-refractivity contribution in [3.8, 4) is 0 Å². The first-order chi connectivity index (χ1) is 42.2. The minimum atomic E-state index is -0.425. The van der Waals surface area contributed by atoms with Crippen LogP contribution in [0, 0.1) is 68.5 Å². The van der Waals surface area contributed by atoms with Gasteiger partial charge in [0, 0.05) is 37.6 Å². The summed E-state index contributed by atoms with van der Waals surface area (Å²) in [6.45, 7) is 12.5. The first kappa shape index (κ1) is 58.1. The van der Waals surface area contributed by atoms with E-state index in [0.717, 1.165) is 103 Å². The molecule has 11 saturated carbocycles. The van der Waals surface area contributed by atoms with Crippen LogP contribution in [0.25, 0.3) is 0 Å². The number of nitrogens with one attached hydrogen (secondary N) is 3. The molecule has 15 atom stereocenters. The quantitative estimate of drug-likeness (QED) is 0.107. The molecule has 11 aliphatic carbocycles. The second-order valence-corrected chi connectivity index (χ2v) is 34.2. The summed E-state index contributed by atoms with van der Waals surface area (Å²) in [7, 11) is 0. The molecule has 6 heterocycles. The summed E-state index contributed by atoms with van der Waals surface area (Å²) in [6.07, 6.45) is 32.5. The molecule has 0 spiro atoms. The number of fused-ring (bicyclic) bond motifs is 8. The van der Waals surface area contributed by atoms with Gasteiger partial charge in [-0.05, 0) is 302 Å². The second-order valence-electron chi connectivity index (χ2n) is 34.2. The molecule has 3 aromatic rings. The van der Waals surface area contributed by atoms with Crippen LogP contribution in [0.2, 0.25) is 0 Å². The molecule has 0 aromatic heterocycles. The maximum Gasteiger partial charge on any atom is 0.226 e. The molecule has 3 amide bonds. The van der Waals surface area contributed by atoms with Crippen molar-refractivity contribution in [3.05, 3.63) is 107 Å². The Labute approximate surface area is 522 Å². The zero-order chi connectivity index (χ0) is 59.0. The number of hydrogen-bond donors (Lipinski definition) is 4. The Morgan fingerprint density at radius 1 is 0.529 bits per heavy atom. The number of hydrogen-bond acceptors (Lipinski definition) is 6. The Morgan fingerprint density at radius 3 is 1.80 bits per heavy atom. The van der Waals surface area contributed by atoms with Gasteiger partial charge in [-0.2, -0.15) is 0 Å². The van der Waals surface area contributed by atoms with Crippen LogP contribution in [0.4, 0.5) is 0 Å². The summed E-state index contributed by atoms with van der Waals surface area (Å²) in [5, 5.41) is 11.4. The fourth-order valence-corrected chi connectivity index (χ4v) is 26.4. The van der Waals surface area contributed by atoms with Crippen molar-refractivity contribution >= 4 is 17.7 Å². The van der Waals surface area contributed by atoms with E-state index in [2.05, 4.69) is 125 Å². The number of rotatable bonds is 17. The third-order valence-corrected chi connectivity index (χ3v) is 29.6. The normalized spacial score (nSPS) is 46.1. The minimum absolute atomic E-state index is 0.0199. The van der Waals surface area contributed by atoms with Crippen molar-refractivity contribution in [1.82, 2.24) is 25.8 Å². The standard InChI is InChI=1S/C78H108N6O3/c1-3-71-38-58-39-75(46-71,62-21-19-57(20-22-62)68-59-40-76(61-14-9-6-10-15-61)49-73(68,4-2)50-77(41-59,51-76)69(86)82-66-45-84-34-28-56(66)29-35-84)52-78(48-71,70(87)80-63-23-16-53(43-79)17-24-63)64(58)42-72-30-11-31-74(47-72,60-12-7-5-8-13-60)37-54(36-72)18-25-67(85)81-65-44-83-32-26-55(65)27-33-83/h5-10,12-15,19-22,53-56,58-59,63-66,68H,3-4,11,16-18,23-52,79H2,1-2H3,(H,80,87)(H,81,85)(H,82,86)/t53-,54?,58?,59?,63+,64?,65-,66-,68?,71-,72+,73-,74+,75-,76-,77?,78?/m1/s1. The Morgan fingerprint density at radius 2 is 1.16 bits per heavy atom. The summed E-state index contributed by atoms with van der Waals surface area (Å²) < 4.78 is 0. The van der Waals surface area contributed by atoms with Gasteiger partial charge in [-0.1, -0.05) is 112 Å². The van der Waals surface area contributed by atoms with Gasteiger partial charge >= 0.3 is 0 Å². The van der Waals surface area contributed by atoms with Crippen LogP contribution < -0.4 is 21.7 Å². The van der Waals surface area contributed by atoms with E-state index < -0.39 is 5.41 Å². The molecular weight excluding hydrogens is 1070 g/mol. The van der Waals surface area contributed by atoms with E-state index in [1.807, 2.05) is 0 Å². The average molecular weight is 1180 g/mol. The maximum atomic E-state index is 16.4. The fourth-order valence-electron chi connectivity index (χ4n) is 26.4. The molecule has 17 aliphatic rings. The fraction of sp³-hybridized carbons (Fsp3) is 0.731. The van der Waals surface area contributed by atoms with Gasteiger partial charge < -0.3 is 31.5 Å². The SMILES string of the molecule is CC[C@]12CC3C[C@](c4ccc(C5C6CC7(C(=O)N[C@@H]8CN9CCC8CC9)C[C@@](c8ccccc8)(C6)C[C@]5(CC)C7)cc4)(CC(C(=O)N[C@H]4CC[C@@H](CN)CC4)(C1)C3C[C@]13CCC[C@](c4ccccc4)(CC(CCC(=O)N[C@@H]4CN5CCC4CC5)C1)C3)C2. The van der Waals surface area contributed by atoms with Crippen molar-refractivity contribution in [1.29, 1.82) is 0 Å². The summed E-state index contributed by atoms with van der Waals surface area (Å²) in [6, 6.07) is 34.4.